The summed E-state index contributed by atoms with van der Waals surface area (Å²) in [5, 5.41) is 5.16. The van der Waals surface area contributed by atoms with Crippen molar-refractivity contribution >= 4 is 74.4 Å². The molecule has 0 bridgehead atoms. The van der Waals surface area contributed by atoms with Gasteiger partial charge in [0.15, 0.2) is 0 Å². The Morgan fingerprint density at radius 1 is 0.691 bits per heavy atom. The first kappa shape index (κ1) is 49.1. The number of halogens is 6. The third-order valence-corrected chi connectivity index (χ3v) is 12.0. The highest BCUT2D eigenvalue weighted by Crippen LogP contribution is 2.39. The lowest BCUT2D eigenvalue weighted by atomic mass is 10.0. The molecule has 354 valence electrons. The van der Waals surface area contributed by atoms with Crippen molar-refractivity contribution < 1.29 is 36.7 Å². The molecule has 4 aromatic carbocycles. The van der Waals surface area contributed by atoms with Crippen LogP contribution in [0.5, 0.6) is 5.75 Å². The number of carbonyl (C=O) groups excluding carboxylic acids is 3. The third kappa shape index (κ3) is 11.5. The molecule has 3 amide bonds. The van der Waals surface area contributed by atoms with E-state index in [4.69, 9.17) is 23.2 Å². The van der Waals surface area contributed by atoms with E-state index >= 15 is 0 Å². The summed E-state index contributed by atoms with van der Waals surface area (Å²) in [5.41, 5.74) is 3.52. The molecule has 13 nitrogen and oxygen atoms in total. The largest absolute Gasteiger partial charge is 0.573 e. The first-order valence-corrected chi connectivity index (χ1v) is 22.6. The molecule has 2 saturated heterocycles. The molecule has 68 heavy (non-hydrogen) atoms. The number of nitrogens with one attached hydrogen (secondary N) is 1. The van der Waals surface area contributed by atoms with Gasteiger partial charge in [-0.15, -0.1) is 13.2 Å². The number of alkyl halides is 3. The smallest absolute Gasteiger partial charge is 0.406 e. The lowest BCUT2D eigenvalue weighted by Crippen LogP contribution is -2.48. The van der Waals surface area contributed by atoms with Gasteiger partial charge in [-0.3, -0.25) is 14.4 Å². The lowest BCUT2D eigenvalue weighted by molar-refractivity contribution is -0.274. The minimum atomic E-state index is -4.91. The van der Waals surface area contributed by atoms with Crippen molar-refractivity contribution in [1.29, 1.82) is 0 Å². The summed E-state index contributed by atoms with van der Waals surface area (Å²) in [5.74, 6) is -0.189. The number of anilines is 2. The fourth-order valence-electron chi connectivity index (χ4n) is 7.83. The SMILES string of the molecule is C=CC(=O)N1CCN(c2ncnc3cc(-c4cc(OC(F)(F)F)ccc4F)c(Cl)cc23)CC1.C=CC(=O)N1CCN(c2ncnc3cc(-c4cccc(C(=O)NC5CC5)c4)c(Cl)cc23)CC1.CC. The zero-order chi connectivity index (χ0) is 48.7. The van der Waals surface area contributed by atoms with E-state index in [0.717, 1.165) is 58.9 Å². The Morgan fingerprint density at radius 3 is 1.71 bits per heavy atom. The zero-order valence-electron chi connectivity index (χ0n) is 37.2. The Balaban J connectivity index is 0.000000194. The second-order valence-corrected chi connectivity index (χ2v) is 16.5. The number of amides is 3. The van der Waals surface area contributed by atoms with Gasteiger partial charge in [0, 0.05) is 101 Å². The Morgan fingerprint density at radius 2 is 1.21 bits per heavy atom. The van der Waals surface area contributed by atoms with Gasteiger partial charge in [-0.05, 0) is 85.2 Å². The summed E-state index contributed by atoms with van der Waals surface area (Å²) in [7, 11) is 0. The fourth-order valence-corrected chi connectivity index (χ4v) is 8.36. The molecule has 0 radical (unpaired) electrons. The molecule has 3 fully saturated rings. The second-order valence-electron chi connectivity index (χ2n) is 15.6. The zero-order valence-corrected chi connectivity index (χ0v) is 38.7. The molecule has 1 N–H and O–H groups in total. The Labute approximate surface area is 400 Å². The number of carbonyl (C=O) groups is 3. The number of fused-ring (bicyclic) bond motifs is 2. The van der Waals surface area contributed by atoms with E-state index in [9.17, 15) is 31.9 Å². The van der Waals surface area contributed by atoms with Crippen LogP contribution in [-0.4, -0.2) is 112 Å². The van der Waals surface area contributed by atoms with Gasteiger partial charge in [0.2, 0.25) is 11.8 Å². The van der Waals surface area contributed by atoms with Crippen molar-refractivity contribution in [3.63, 3.8) is 0 Å². The van der Waals surface area contributed by atoms with E-state index in [1.807, 2.05) is 55.1 Å². The van der Waals surface area contributed by atoms with Gasteiger partial charge in [-0.2, -0.15) is 0 Å². The van der Waals surface area contributed by atoms with E-state index < -0.39 is 17.9 Å². The van der Waals surface area contributed by atoms with Gasteiger partial charge in [0.05, 0.1) is 11.0 Å². The number of hydrogen-bond donors (Lipinski definition) is 1. The summed E-state index contributed by atoms with van der Waals surface area (Å²) < 4.78 is 56.1. The van der Waals surface area contributed by atoms with Crippen LogP contribution in [0, 0.1) is 5.82 Å². The van der Waals surface area contributed by atoms with Gasteiger partial charge >= 0.3 is 6.36 Å². The van der Waals surface area contributed by atoms with Crippen molar-refractivity contribution in [2.45, 2.75) is 39.1 Å². The van der Waals surface area contributed by atoms with E-state index in [0.29, 0.717) is 85.7 Å². The van der Waals surface area contributed by atoms with Crippen molar-refractivity contribution in [3.05, 3.63) is 126 Å². The van der Waals surface area contributed by atoms with Gasteiger partial charge < -0.3 is 29.7 Å². The van der Waals surface area contributed by atoms with Gasteiger partial charge in [-0.25, -0.2) is 24.3 Å². The molecule has 1 aliphatic carbocycles. The van der Waals surface area contributed by atoms with Crippen LogP contribution in [0.25, 0.3) is 44.1 Å². The van der Waals surface area contributed by atoms with Gasteiger partial charge in [-0.1, -0.05) is 62.3 Å². The van der Waals surface area contributed by atoms with Crippen LogP contribution in [0.3, 0.4) is 0 Å². The van der Waals surface area contributed by atoms with Crippen LogP contribution in [0.1, 0.15) is 37.0 Å². The van der Waals surface area contributed by atoms with Crippen LogP contribution in [-0.2, 0) is 9.59 Å². The van der Waals surface area contributed by atoms with Crippen LogP contribution in [0.2, 0.25) is 10.0 Å². The van der Waals surface area contributed by atoms with Crippen LogP contribution >= 0.6 is 23.2 Å². The molecule has 9 rings (SSSR count). The topological polar surface area (TPSA) is 137 Å². The van der Waals surface area contributed by atoms with Gasteiger partial charge in [0.1, 0.15) is 35.9 Å². The maximum atomic E-state index is 14.5. The van der Waals surface area contributed by atoms with Crippen molar-refractivity contribution in [3.8, 4) is 28.0 Å². The van der Waals surface area contributed by atoms with Crippen molar-refractivity contribution in [1.82, 2.24) is 35.1 Å². The quantitative estimate of drug-likeness (QED) is 0.110. The number of hydrogen-bond acceptors (Lipinski definition) is 10. The number of benzene rings is 4. The number of piperazine rings is 2. The molecule has 19 heteroatoms. The molecular weight excluding hydrogens is 925 g/mol. The highest BCUT2D eigenvalue weighted by molar-refractivity contribution is 6.35. The third-order valence-electron chi connectivity index (χ3n) is 11.3. The highest BCUT2D eigenvalue weighted by atomic mass is 35.5. The van der Waals surface area contributed by atoms with E-state index in [1.165, 1.54) is 24.5 Å². The molecular formula is C49H47Cl2F4N9O4. The minimum absolute atomic E-state index is 0.0528. The number of nitrogens with zero attached hydrogens (tertiary/aromatic N) is 8. The summed E-state index contributed by atoms with van der Waals surface area (Å²) in [6.45, 7) is 15.6. The molecule has 0 unspecified atom stereocenters. The monoisotopic (exact) mass is 971 g/mol. The van der Waals surface area contributed by atoms with Crippen LogP contribution in [0.4, 0.5) is 29.2 Å². The molecule has 1 saturated carbocycles. The van der Waals surface area contributed by atoms with E-state index in [2.05, 4.69) is 48.0 Å². The summed E-state index contributed by atoms with van der Waals surface area (Å²) >= 11 is 13.1. The van der Waals surface area contributed by atoms with Crippen molar-refractivity contribution in [2.24, 2.45) is 0 Å². The maximum absolute atomic E-state index is 14.5. The fraction of sp³-hybridized carbons (Fsp3) is 0.286. The normalized spacial score (nSPS) is 14.9. The molecule has 0 spiro atoms. The van der Waals surface area contributed by atoms with Crippen LogP contribution in [0.15, 0.2) is 105 Å². The molecule has 6 aromatic rings. The average molecular weight is 973 g/mol. The summed E-state index contributed by atoms with van der Waals surface area (Å²) in [6, 6.07) is 17.4. The molecule has 2 aromatic heterocycles. The first-order valence-electron chi connectivity index (χ1n) is 21.9. The van der Waals surface area contributed by atoms with E-state index in [-0.39, 0.29) is 33.9 Å². The number of rotatable bonds is 9. The molecule has 0 atom stereocenters. The minimum Gasteiger partial charge on any atom is -0.406 e. The molecule has 3 aliphatic rings. The predicted octanol–water partition coefficient (Wildman–Crippen LogP) is 9.53. The summed E-state index contributed by atoms with van der Waals surface area (Å²) in [4.78, 5) is 61.3. The number of aromatic nitrogens is 4. The van der Waals surface area contributed by atoms with E-state index in [1.54, 1.807) is 22.2 Å². The lowest BCUT2D eigenvalue weighted by Gasteiger charge is -2.35. The average Bonchev–Trinajstić information content (AvgIpc) is 4.18. The Kier molecular flexibility index (Phi) is 15.4. The maximum Gasteiger partial charge on any atom is 0.573 e. The highest BCUT2D eigenvalue weighted by Gasteiger charge is 2.32. The first-order chi connectivity index (χ1) is 32.7. The standard InChI is InChI=1S/C25H24ClN5O2.C22H17ClF4N4O2.C2H6/c1-2-23(32)30-8-10-31(11-9-30)24-20-13-21(26)19(14-22(20)27-15-28-24)16-4-3-5-17(12-16)25(33)29-18-6-7-18;1-2-20(32)30-5-7-31(8-6-30)21-16-10-17(23)14(11-19(16)28-12-29-21)15-9-13(3-4-18(15)24)33-22(25,26)27;1-2/h2-5,12-15,18H,1,6-11H2,(H,29,33);2-4,9-12H,1,5-8H2;1-2H3. The van der Waals surface area contributed by atoms with Gasteiger partial charge in [0.25, 0.3) is 5.91 Å². The Hall–Kier alpha value is -6.85. The Bertz CT molecular complexity index is 2870. The van der Waals surface area contributed by atoms with Crippen LogP contribution < -0.4 is 19.9 Å². The molecule has 2 aliphatic heterocycles. The summed E-state index contributed by atoms with van der Waals surface area (Å²) in [6.07, 6.45) is 2.69. The molecule has 4 heterocycles. The predicted molar refractivity (Wildman–Crippen MR) is 256 cm³/mol. The van der Waals surface area contributed by atoms with Crippen molar-refractivity contribution in [2.75, 3.05) is 62.2 Å². The number of ether oxygens (including phenoxy) is 1. The second kappa shape index (κ2) is 21.4.